The van der Waals surface area contributed by atoms with Gasteiger partial charge in [0.15, 0.2) is 0 Å². The molecule has 0 amide bonds. The summed E-state index contributed by atoms with van der Waals surface area (Å²) in [5.74, 6) is 0.415. The molecule has 0 radical (unpaired) electrons. The number of aromatic nitrogens is 3. The maximum absolute atomic E-state index is 12.8. The van der Waals surface area contributed by atoms with Crippen LogP contribution in [0.3, 0.4) is 0 Å². The Hall–Kier alpha value is -3.06. The highest BCUT2D eigenvalue weighted by atomic mass is 16.5. The van der Waals surface area contributed by atoms with Gasteiger partial charge in [-0.15, -0.1) is 0 Å². The zero-order valence-electron chi connectivity index (χ0n) is 14.8. The topological polar surface area (TPSA) is 81.4 Å². The Morgan fingerprint density at radius 3 is 2.77 bits per heavy atom. The first-order valence-corrected chi connectivity index (χ1v) is 8.40. The van der Waals surface area contributed by atoms with Crippen LogP contribution >= 0.6 is 0 Å². The summed E-state index contributed by atoms with van der Waals surface area (Å²) in [7, 11) is 1.64. The second-order valence-electron chi connectivity index (χ2n) is 5.80. The van der Waals surface area contributed by atoms with Gasteiger partial charge >= 0.3 is 0 Å². The van der Waals surface area contributed by atoms with Crippen molar-refractivity contribution in [1.29, 1.82) is 0 Å². The minimum absolute atomic E-state index is 0.0917. The quantitative estimate of drug-likeness (QED) is 0.402. The number of para-hydroxylation sites is 1. The zero-order chi connectivity index (χ0) is 18.4. The Morgan fingerprint density at radius 1 is 1.23 bits per heavy atom. The van der Waals surface area contributed by atoms with Gasteiger partial charge in [0.1, 0.15) is 0 Å². The molecule has 0 saturated heterocycles. The van der Waals surface area contributed by atoms with Crippen LogP contribution < -0.4 is 11.0 Å². The summed E-state index contributed by atoms with van der Waals surface area (Å²) in [4.78, 5) is 21.4. The summed E-state index contributed by atoms with van der Waals surface area (Å²) in [5, 5.41) is 4.98. The summed E-state index contributed by atoms with van der Waals surface area (Å²) in [6, 6.07) is 11.1. The van der Waals surface area contributed by atoms with E-state index in [9.17, 15) is 4.79 Å². The minimum Gasteiger partial charge on any atom is -0.385 e. The number of methoxy groups -OCH3 is 1. The Labute approximate surface area is 151 Å². The lowest BCUT2D eigenvalue weighted by Gasteiger charge is -2.13. The van der Waals surface area contributed by atoms with Gasteiger partial charge in [0, 0.05) is 38.2 Å². The third-order valence-electron chi connectivity index (χ3n) is 4.01. The number of hydrazone groups is 1. The van der Waals surface area contributed by atoms with E-state index in [0.717, 1.165) is 11.3 Å². The van der Waals surface area contributed by atoms with Crippen molar-refractivity contribution >= 4 is 22.6 Å². The summed E-state index contributed by atoms with van der Waals surface area (Å²) in [6.07, 6.45) is 4.13. The molecule has 0 aliphatic carbocycles. The number of hydrogen-bond donors (Lipinski definition) is 1. The third kappa shape index (κ3) is 3.94. The van der Waals surface area contributed by atoms with Gasteiger partial charge in [-0.3, -0.25) is 14.3 Å². The number of fused-ring (bicyclic) bond motifs is 1. The fourth-order valence-electron chi connectivity index (χ4n) is 2.62. The number of rotatable bonds is 7. The van der Waals surface area contributed by atoms with Crippen molar-refractivity contribution in [2.45, 2.75) is 19.9 Å². The first-order valence-electron chi connectivity index (χ1n) is 8.40. The molecule has 0 unspecified atom stereocenters. The average Bonchev–Trinajstić information content (AvgIpc) is 2.69. The van der Waals surface area contributed by atoms with Crippen LogP contribution in [0.2, 0.25) is 0 Å². The normalized spacial score (nSPS) is 11.7. The van der Waals surface area contributed by atoms with Gasteiger partial charge in [-0.1, -0.05) is 12.1 Å². The van der Waals surface area contributed by atoms with Crippen LogP contribution in [0, 0.1) is 0 Å². The van der Waals surface area contributed by atoms with Crippen molar-refractivity contribution in [2.24, 2.45) is 5.10 Å². The van der Waals surface area contributed by atoms with Gasteiger partial charge in [0.2, 0.25) is 5.95 Å². The van der Waals surface area contributed by atoms with Gasteiger partial charge in [-0.25, -0.2) is 10.4 Å². The van der Waals surface area contributed by atoms with Gasteiger partial charge in [0.05, 0.1) is 16.6 Å². The molecule has 7 heteroatoms. The van der Waals surface area contributed by atoms with Crippen LogP contribution in [-0.2, 0) is 11.3 Å². The van der Waals surface area contributed by atoms with E-state index in [2.05, 4.69) is 20.5 Å². The van der Waals surface area contributed by atoms with Crippen LogP contribution in [0.5, 0.6) is 0 Å². The van der Waals surface area contributed by atoms with E-state index in [4.69, 9.17) is 4.74 Å². The lowest BCUT2D eigenvalue weighted by Crippen LogP contribution is -2.25. The number of hydrogen-bond acceptors (Lipinski definition) is 6. The predicted octanol–water partition coefficient (Wildman–Crippen LogP) is 2.66. The number of pyridine rings is 1. The summed E-state index contributed by atoms with van der Waals surface area (Å²) < 4.78 is 6.70. The minimum atomic E-state index is -0.0917. The molecule has 3 rings (SSSR count). The van der Waals surface area contributed by atoms with E-state index in [1.807, 2.05) is 37.3 Å². The van der Waals surface area contributed by atoms with E-state index >= 15 is 0 Å². The van der Waals surface area contributed by atoms with Crippen molar-refractivity contribution in [3.05, 3.63) is 64.7 Å². The van der Waals surface area contributed by atoms with E-state index < -0.39 is 0 Å². The van der Waals surface area contributed by atoms with Gasteiger partial charge in [-0.2, -0.15) is 5.10 Å². The summed E-state index contributed by atoms with van der Waals surface area (Å²) in [6.45, 7) is 2.95. The molecule has 0 spiro atoms. The van der Waals surface area contributed by atoms with Crippen molar-refractivity contribution in [3.63, 3.8) is 0 Å². The highest BCUT2D eigenvalue weighted by Crippen LogP contribution is 2.12. The van der Waals surface area contributed by atoms with Crippen LogP contribution in [0.4, 0.5) is 5.95 Å². The van der Waals surface area contributed by atoms with Gasteiger partial charge in [-0.05, 0) is 37.6 Å². The third-order valence-corrected chi connectivity index (χ3v) is 4.01. The molecule has 1 aromatic carbocycles. The van der Waals surface area contributed by atoms with Gasteiger partial charge in [0.25, 0.3) is 5.56 Å². The molecule has 2 heterocycles. The molecule has 2 aromatic heterocycles. The van der Waals surface area contributed by atoms with Crippen LogP contribution in [-0.4, -0.2) is 34.0 Å². The van der Waals surface area contributed by atoms with E-state index in [0.29, 0.717) is 36.4 Å². The SMILES string of the molecule is COCCCn1c(N/N=C(/C)c2ccncc2)nc2ccccc2c1=O. The molecule has 0 bridgehead atoms. The molecule has 0 aliphatic rings. The molecule has 3 aromatic rings. The molecule has 134 valence electrons. The number of benzene rings is 1. The monoisotopic (exact) mass is 351 g/mol. The molecule has 26 heavy (non-hydrogen) atoms. The lowest BCUT2D eigenvalue weighted by molar-refractivity contribution is 0.190. The molecule has 0 fully saturated rings. The van der Waals surface area contributed by atoms with Crippen LogP contribution in [0.15, 0.2) is 58.7 Å². The summed E-state index contributed by atoms with van der Waals surface area (Å²) >= 11 is 0. The Bertz CT molecular complexity index is 967. The molecule has 7 nitrogen and oxygen atoms in total. The average molecular weight is 351 g/mol. The molecular weight excluding hydrogens is 330 g/mol. The van der Waals surface area contributed by atoms with Gasteiger partial charge < -0.3 is 4.74 Å². The Morgan fingerprint density at radius 2 is 2.00 bits per heavy atom. The maximum Gasteiger partial charge on any atom is 0.262 e. The number of nitrogens with one attached hydrogen (secondary N) is 1. The highest BCUT2D eigenvalue weighted by Gasteiger charge is 2.10. The fraction of sp³-hybridized carbons (Fsp3) is 0.263. The van der Waals surface area contributed by atoms with E-state index in [-0.39, 0.29) is 5.56 Å². The van der Waals surface area contributed by atoms with E-state index in [1.54, 1.807) is 30.1 Å². The molecule has 0 aliphatic heterocycles. The zero-order valence-corrected chi connectivity index (χ0v) is 14.8. The summed E-state index contributed by atoms with van der Waals surface area (Å²) in [5.41, 5.74) is 5.22. The number of ether oxygens (including phenoxy) is 1. The number of nitrogens with zero attached hydrogens (tertiary/aromatic N) is 4. The smallest absolute Gasteiger partial charge is 0.262 e. The highest BCUT2D eigenvalue weighted by molar-refractivity contribution is 5.98. The first kappa shape index (κ1) is 17.8. The number of anilines is 1. The second kappa shape index (κ2) is 8.35. The molecular formula is C19H21N5O2. The Kier molecular flexibility index (Phi) is 5.70. The van der Waals surface area contributed by atoms with E-state index in [1.165, 1.54) is 0 Å². The first-order chi connectivity index (χ1) is 12.7. The second-order valence-corrected chi connectivity index (χ2v) is 5.80. The van der Waals surface area contributed by atoms with Crippen molar-refractivity contribution in [3.8, 4) is 0 Å². The standard InChI is InChI=1S/C19H21N5O2/c1-14(15-8-10-20-11-9-15)22-23-19-21-17-7-4-3-6-16(17)18(25)24(19)12-5-13-26-2/h3-4,6-11H,5,12-13H2,1-2H3,(H,21,23)/b22-14-. The van der Waals surface area contributed by atoms with Crippen molar-refractivity contribution < 1.29 is 4.74 Å². The molecule has 0 atom stereocenters. The molecule has 1 N–H and O–H groups in total. The Balaban J connectivity index is 1.97. The lowest BCUT2D eigenvalue weighted by atomic mass is 10.2. The molecule has 0 saturated carbocycles. The van der Waals surface area contributed by atoms with Crippen molar-refractivity contribution in [1.82, 2.24) is 14.5 Å². The fourth-order valence-corrected chi connectivity index (χ4v) is 2.62. The maximum atomic E-state index is 12.8. The largest absolute Gasteiger partial charge is 0.385 e. The predicted molar refractivity (Wildman–Crippen MR) is 103 cm³/mol. The van der Waals surface area contributed by atoms with Crippen LogP contribution in [0.25, 0.3) is 10.9 Å². The van der Waals surface area contributed by atoms with Crippen LogP contribution in [0.1, 0.15) is 18.9 Å². The van der Waals surface area contributed by atoms with Crippen molar-refractivity contribution in [2.75, 3.05) is 19.1 Å².